The smallest absolute Gasteiger partial charge is 0.342 e. The molecule has 1 spiro atoms. The number of hydroxylamine groups is 1. The highest BCUT2D eigenvalue weighted by molar-refractivity contribution is 6.33. The van der Waals surface area contributed by atoms with Crippen LogP contribution in [-0.4, -0.2) is 23.5 Å². The summed E-state index contributed by atoms with van der Waals surface area (Å²) in [6.45, 7) is 3.95. The van der Waals surface area contributed by atoms with Crippen molar-refractivity contribution in [1.29, 1.82) is 0 Å². The Morgan fingerprint density at radius 2 is 1.86 bits per heavy atom. The number of allylic oxidation sites excluding steroid dienone is 3. The first kappa shape index (κ1) is 22.8. The van der Waals surface area contributed by atoms with E-state index < -0.39 is 11.7 Å². The highest BCUT2D eigenvalue weighted by atomic mass is 35.5. The molecule has 2 aromatic rings. The minimum absolute atomic E-state index is 0.0306. The van der Waals surface area contributed by atoms with Gasteiger partial charge in [0.05, 0.1) is 11.7 Å². The van der Waals surface area contributed by atoms with Crippen molar-refractivity contribution in [3.63, 3.8) is 0 Å². The van der Waals surface area contributed by atoms with Crippen molar-refractivity contribution in [3.8, 4) is 0 Å². The molecule has 0 radical (unpaired) electrons. The van der Waals surface area contributed by atoms with Crippen molar-refractivity contribution < 1.29 is 19.2 Å². The number of fused-ring (bicyclic) bond motifs is 4. The molecule has 1 saturated carbocycles. The highest BCUT2D eigenvalue weighted by Gasteiger charge is 2.68. The fourth-order valence-electron chi connectivity index (χ4n) is 6.38. The Morgan fingerprint density at radius 3 is 2.63 bits per heavy atom. The topological polar surface area (TPSA) is 55.8 Å². The summed E-state index contributed by atoms with van der Waals surface area (Å²) in [5.74, 6) is -0.640. The number of rotatable bonds is 2. The molecule has 0 unspecified atom stereocenters. The molecule has 35 heavy (non-hydrogen) atoms. The normalized spacial score (nSPS) is 33.8. The Hall–Kier alpha value is -2.60. The van der Waals surface area contributed by atoms with E-state index >= 15 is 0 Å². The van der Waals surface area contributed by atoms with Gasteiger partial charge in [-0.3, -0.25) is 9.63 Å². The van der Waals surface area contributed by atoms with Crippen molar-refractivity contribution >= 4 is 40.6 Å². The molecule has 5 atom stereocenters. The number of ketones is 1. The molecular formula is C28H25Cl2NO4. The molecule has 4 aliphatic rings. The maximum Gasteiger partial charge on any atom is 0.342 e. The zero-order valence-electron chi connectivity index (χ0n) is 19.5. The number of esters is 1. The van der Waals surface area contributed by atoms with Crippen LogP contribution in [0.15, 0.2) is 71.8 Å². The number of halogens is 2. The maximum atomic E-state index is 13.7. The molecule has 180 valence electrons. The number of benzene rings is 2. The monoisotopic (exact) mass is 509 g/mol. The van der Waals surface area contributed by atoms with Crippen LogP contribution < -0.4 is 5.06 Å². The van der Waals surface area contributed by atoms with Crippen LogP contribution in [0.3, 0.4) is 0 Å². The van der Waals surface area contributed by atoms with Gasteiger partial charge < -0.3 is 4.74 Å². The lowest BCUT2D eigenvalue weighted by molar-refractivity contribution is -0.157. The van der Waals surface area contributed by atoms with Gasteiger partial charge in [-0.2, -0.15) is 0 Å². The van der Waals surface area contributed by atoms with Crippen molar-refractivity contribution in [2.45, 2.75) is 50.9 Å². The van der Waals surface area contributed by atoms with Crippen LogP contribution in [0.2, 0.25) is 10.0 Å². The number of carbonyl (C=O) groups excluding carboxylic acids is 2. The van der Waals surface area contributed by atoms with Crippen molar-refractivity contribution in [2.75, 3.05) is 5.06 Å². The second-order valence-electron chi connectivity index (χ2n) is 10.2. The predicted octanol–water partition coefficient (Wildman–Crippen LogP) is 6.41. The fraction of sp³-hybridized carbons (Fsp3) is 0.357. The summed E-state index contributed by atoms with van der Waals surface area (Å²) >= 11 is 13.0. The molecule has 2 heterocycles. The molecule has 5 nitrogen and oxygen atoms in total. The third-order valence-corrected chi connectivity index (χ3v) is 8.74. The van der Waals surface area contributed by atoms with Gasteiger partial charge in [-0.05, 0) is 67.3 Å². The van der Waals surface area contributed by atoms with Crippen molar-refractivity contribution in [1.82, 2.24) is 0 Å². The first-order valence-corrected chi connectivity index (χ1v) is 12.6. The first-order chi connectivity index (χ1) is 16.7. The summed E-state index contributed by atoms with van der Waals surface area (Å²) in [5.41, 5.74) is 1.69. The van der Waals surface area contributed by atoms with E-state index in [0.717, 1.165) is 29.7 Å². The number of para-hydroxylation sites is 1. The molecule has 6 rings (SSSR count). The lowest BCUT2D eigenvalue weighted by Crippen LogP contribution is -2.47. The molecule has 0 aromatic heterocycles. The van der Waals surface area contributed by atoms with E-state index in [-0.39, 0.29) is 29.1 Å². The minimum atomic E-state index is -1.18. The second-order valence-corrected chi connectivity index (χ2v) is 11.0. The molecule has 7 heteroatoms. The number of hydrogen-bond acceptors (Lipinski definition) is 5. The van der Waals surface area contributed by atoms with Gasteiger partial charge in [0.2, 0.25) is 5.60 Å². The average Bonchev–Trinajstić information content (AvgIpc) is 3.37. The number of ether oxygens (including phenoxy) is 1. The molecule has 0 bridgehead atoms. The average molecular weight is 510 g/mol. The van der Waals surface area contributed by atoms with Gasteiger partial charge >= 0.3 is 5.97 Å². The van der Waals surface area contributed by atoms with Gasteiger partial charge in [-0.25, -0.2) is 9.86 Å². The predicted molar refractivity (Wildman–Crippen MR) is 134 cm³/mol. The Morgan fingerprint density at radius 1 is 1.09 bits per heavy atom. The van der Waals surface area contributed by atoms with E-state index in [1.54, 1.807) is 23.3 Å². The molecule has 0 N–H and O–H groups in total. The van der Waals surface area contributed by atoms with Crippen LogP contribution >= 0.6 is 23.2 Å². The number of anilines is 1. The summed E-state index contributed by atoms with van der Waals surface area (Å²) < 4.78 is 6.09. The molecule has 3 fully saturated rings. The summed E-state index contributed by atoms with van der Waals surface area (Å²) in [4.78, 5) is 32.9. The minimum Gasteiger partial charge on any atom is -0.455 e. The summed E-state index contributed by atoms with van der Waals surface area (Å²) in [7, 11) is 0. The van der Waals surface area contributed by atoms with E-state index in [2.05, 4.69) is 6.92 Å². The lowest BCUT2D eigenvalue weighted by atomic mass is 9.60. The lowest BCUT2D eigenvalue weighted by Gasteiger charge is -2.44. The van der Waals surface area contributed by atoms with E-state index in [1.807, 2.05) is 49.4 Å². The standard InChI is InChI=1S/C28H25Cl2NO4/c1-16-23(32)11-13-27(2)12-10-20-25(24(16)27)34-26(33)28(20)15-22(19-14-17(29)8-9-21(19)30)31(35-28)18-6-4-3-5-7-18/h3-9,11,13-14,20,22,25H,10,12,15H2,1-2H3/t20-,22-,25+,27+,28+/m1/s1. The van der Waals surface area contributed by atoms with Crippen LogP contribution in [0.1, 0.15) is 44.7 Å². The SMILES string of the molecule is CC1=C2[C@H]3OC(=O)[C@]4(C[C@H](c5cc(Cl)ccc5Cl)N(c5ccccc5)O4)[C@@H]3CC[C@@]2(C)C=CC1=O. The Balaban J connectivity index is 1.46. The Bertz CT molecular complexity index is 1310. The van der Waals surface area contributed by atoms with Crippen molar-refractivity contribution in [2.24, 2.45) is 11.3 Å². The Labute approximate surface area is 214 Å². The molecule has 2 aliphatic heterocycles. The van der Waals surface area contributed by atoms with Gasteiger partial charge in [-0.1, -0.05) is 54.4 Å². The number of nitrogens with zero attached hydrogens (tertiary/aromatic N) is 1. The maximum absolute atomic E-state index is 13.7. The molecular weight excluding hydrogens is 485 g/mol. The van der Waals surface area contributed by atoms with E-state index in [9.17, 15) is 9.59 Å². The van der Waals surface area contributed by atoms with Gasteiger partial charge in [-0.15, -0.1) is 0 Å². The molecule has 2 aromatic carbocycles. The molecule has 0 amide bonds. The van der Waals surface area contributed by atoms with Crippen LogP contribution in [0, 0.1) is 11.3 Å². The number of carbonyl (C=O) groups is 2. The van der Waals surface area contributed by atoms with Crippen LogP contribution in [0.25, 0.3) is 0 Å². The van der Waals surface area contributed by atoms with Gasteiger partial charge in [0, 0.05) is 33.4 Å². The van der Waals surface area contributed by atoms with E-state index in [1.165, 1.54) is 0 Å². The van der Waals surface area contributed by atoms with Crippen LogP contribution in [0.5, 0.6) is 0 Å². The summed E-state index contributed by atoms with van der Waals surface area (Å²) in [6, 6.07) is 14.7. The highest BCUT2D eigenvalue weighted by Crippen LogP contribution is 2.60. The van der Waals surface area contributed by atoms with Gasteiger partial charge in [0.1, 0.15) is 6.10 Å². The van der Waals surface area contributed by atoms with Gasteiger partial charge in [0.15, 0.2) is 5.78 Å². The first-order valence-electron chi connectivity index (χ1n) is 11.9. The summed E-state index contributed by atoms with van der Waals surface area (Å²) in [6.07, 6.45) is 5.02. The largest absolute Gasteiger partial charge is 0.455 e. The second kappa shape index (κ2) is 7.95. The van der Waals surface area contributed by atoms with Crippen LogP contribution in [0.4, 0.5) is 5.69 Å². The zero-order chi connectivity index (χ0) is 24.5. The van der Waals surface area contributed by atoms with E-state index in [0.29, 0.717) is 22.0 Å². The van der Waals surface area contributed by atoms with E-state index in [4.69, 9.17) is 32.8 Å². The zero-order valence-corrected chi connectivity index (χ0v) is 21.0. The van der Waals surface area contributed by atoms with Crippen molar-refractivity contribution in [3.05, 3.63) is 87.4 Å². The molecule has 2 aliphatic carbocycles. The third kappa shape index (κ3) is 3.32. The Kier molecular flexibility index (Phi) is 5.19. The third-order valence-electron chi connectivity index (χ3n) is 8.16. The fourth-order valence-corrected chi connectivity index (χ4v) is 6.81. The number of hydrogen-bond donors (Lipinski definition) is 0. The quantitative estimate of drug-likeness (QED) is 0.437. The van der Waals surface area contributed by atoms with Crippen LogP contribution in [-0.2, 0) is 19.2 Å². The summed E-state index contributed by atoms with van der Waals surface area (Å²) in [5, 5.41) is 2.90. The van der Waals surface area contributed by atoms with Gasteiger partial charge in [0.25, 0.3) is 0 Å². The molecule has 2 saturated heterocycles.